The number of ether oxygens (including phenoxy) is 1. The van der Waals surface area contributed by atoms with Crippen LogP contribution >= 0.6 is 0 Å². The molecule has 0 bridgehead atoms. The third-order valence-corrected chi connectivity index (χ3v) is 2.30. The Morgan fingerprint density at radius 3 is 2.83 bits per heavy atom. The van der Waals surface area contributed by atoms with Crippen molar-refractivity contribution in [2.24, 2.45) is 0 Å². The summed E-state index contributed by atoms with van der Waals surface area (Å²) < 4.78 is 5.53. The highest BCUT2D eigenvalue weighted by Crippen LogP contribution is 2.34. The minimum absolute atomic E-state index is 0.432. The average molecular weight is 163 g/mol. The molecule has 12 heavy (non-hydrogen) atoms. The molecule has 1 aromatic rings. The van der Waals surface area contributed by atoms with Crippen molar-refractivity contribution in [3.8, 4) is 5.75 Å². The van der Waals surface area contributed by atoms with E-state index in [-0.39, 0.29) is 0 Å². The van der Waals surface area contributed by atoms with Crippen LogP contribution in [0.15, 0.2) is 24.3 Å². The number of benzene rings is 1. The number of fused-ring (bicyclic) bond motifs is 1. The first-order valence-corrected chi connectivity index (χ1v) is 4.17. The van der Waals surface area contributed by atoms with Gasteiger partial charge in [0, 0.05) is 5.56 Å². The molecule has 1 atom stereocenters. The van der Waals surface area contributed by atoms with E-state index in [9.17, 15) is 0 Å². The highest BCUT2D eigenvalue weighted by atomic mass is 16.5. The van der Waals surface area contributed by atoms with Gasteiger partial charge in [-0.05, 0) is 20.2 Å². The van der Waals surface area contributed by atoms with E-state index in [0.717, 1.165) is 12.4 Å². The lowest BCUT2D eigenvalue weighted by molar-refractivity contribution is 0.227. The quantitative estimate of drug-likeness (QED) is 0.624. The molecular formula is C10H13NO. The van der Waals surface area contributed by atoms with Crippen molar-refractivity contribution in [3.05, 3.63) is 29.8 Å². The zero-order chi connectivity index (χ0) is 8.55. The molecule has 0 amide bonds. The number of nitrogens with zero attached hydrogens (tertiary/aromatic N) is 1. The lowest BCUT2D eigenvalue weighted by Gasteiger charge is -2.17. The predicted octanol–water partition coefficient (Wildman–Crippen LogP) is 1.68. The summed E-state index contributed by atoms with van der Waals surface area (Å²) in [4.78, 5) is 2.19. The monoisotopic (exact) mass is 163 g/mol. The summed E-state index contributed by atoms with van der Waals surface area (Å²) in [5.74, 6) is 1.04. The Morgan fingerprint density at radius 1 is 1.33 bits per heavy atom. The van der Waals surface area contributed by atoms with Crippen LogP contribution < -0.4 is 4.74 Å². The molecule has 0 saturated carbocycles. The molecule has 0 spiro atoms. The summed E-state index contributed by atoms with van der Waals surface area (Å²) in [5.41, 5.74) is 1.31. The van der Waals surface area contributed by atoms with E-state index in [1.165, 1.54) is 5.56 Å². The largest absolute Gasteiger partial charge is 0.491 e. The highest BCUT2D eigenvalue weighted by molar-refractivity contribution is 5.39. The smallest absolute Gasteiger partial charge is 0.124 e. The predicted molar refractivity (Wildman–Crippen MR) is 48.4 cm³/mol. The SMILES string of the molecule is CN(C)[C@H]1COc2ccccc21. The summed E-state index contributed by atoms with van der Waals surface area (Å²) >= 11 is 0. The van der Waals surface area contributed by atoms with E-state index in [1.54, 1.807) is 0 Å². The van der Waals surface area contributed by atoms with Gasteiger partial charge in [0.25, 0.3) is 0 Å². The van der Waals surface area contributed by atoms with E-state index in [4.69, 9.17) is 4.74 Å². The Balaban J connectivity index is 2.36. The van der Waals surface area contributed by atoms with Gasteiger partial charge >= 0.3 is 0 Å². The molecule has 0 aliphatic carbocycles. The average Bonchev–Trinajstić information content (AvgIpc) is 2.47. The summed E-state index contributed by atoms with van der Waals surface area (Å²) in [7, 11) is 4.16. The van der Waals surface area contributed by atoms with Crippen LogP contribution in [0.4, 0.5) is 0 Å². The van der Waals surface area contributed by atoms with Crippen LogP contribution in [0.2, 0.25) is 0 Å². The molecular weight excluding hydrogens is 150 g/mol. The first-order valence-electron chi connectivity index (χ1n) is 4.17. The minimum atomic E-state index is 0.432. The van der Waals surface area contributed by atoms with Crippen molar-refractivity contribution in [1.29, 1.82) is 0 Å². The number of hydrogen-bond donors (Lipinski definition) is 0. The van der Waals surface area contributed by atoms with Crippen LogP contribution in [-0.4, -0.2) is 25.6 Å². The normalized spacial score (nSPS) is 20.8. The van der Waals surface area contributed by atoms with Crippen molar-refractivity contribution in [2.45, 2.75) is 6.04 Å². The van der Waals surface area contributed by atoms with Crippen LogP contribution in [0, 0.1) is 0 Å². The van der Waals surface area contributed by atoms with Crippen molar-refractivity contribution in [1.82, 2.24) is 4.90 Å². The Kier molecular flexibility index (Phi) is 1.77. The Hall–Kier alpha value is -1.02. The maximum Gasteiger partial charge on any atom is 0.124 e. The fraction of sp³-hybridized carbons (Fsp3) is 0.400. The van der Waals surface area contributed by atoms with Gasteiger partial charge in [0.15, 0.2) is 0 Å². The van der Waals surface area contributed by atoms with Crippen LogP contribution in [0.5, 0.6) is 5.75 Å². The van der Waals surface area contributed by atoms with E-state index < -0.39 is 0 Å². The maximum absolute atomic E-state index is 5.53. The van der Waals surface area contributed by atoms with Gasteiger partial charge in [0.2, 0.25) is 0 Å². The van der Waals surface area contributed by atoms with Gasteiger partial charge in [-0.3, -0.25) is 4.90 Å². The summed E-state index contributed by atoms with van der Waals surface area (Å²) in [6.45, 7) is 0.784. The molecule has 0 fully saturated rings. The first kappa shape index (κ1) is 7.62. The third-order valence-electron chi connectivity index (χ3n) is 2.30. The summed E-state index contributed by atoms with van der Waals surface area (Å²) in [6, 6.07) is 8.66. The molecule has 64 valence electrons. The van der Waals surface area contributed by atoms with Gasteiger partial charge in [0.1, 0.15) is 12.4 Å². The number of rotatable bonds is 1. The topological polar surface area (TPSA) is 12.5 Å². The first-order chi connectivity index (χ1) is 5.79. The van der Waals surface area contributed by atoms with E-state index in [0.29, 0.717) is 6.04 Å². The Morgan fingerprint density at radius 2 is 2.08 bits per heavy atom. The zero-order valence-electron chi connectivity index (χ0n) is 7.45. The second-order valence-electron chi connectivity index (χ2n) is 3.33. The number of para-hydroxylation sites is 1. The third kappa shape index (κ3) is 1.08. The van der Waals surface area contributed by atoms with Crippen molar-refractivity contribution < 1.29 is 4.74 Å². The second kappa shape index (κ2) is 2.79. The molecule has 1 heterocycles. The molecule has 0 aromatic heterocycles. The van der Waals surface area contributed by atoms with E-state index >= 15 is 0 Å². The molecule has 1 aliphatic heterocycles. The molecule has 0 unspecified atom stereocenters. The fourth-order valence-electron chi connectivity index (χ4n) is 1.57. The lowest BCUT2D eigenvalue weighted by Crippen LogP contribution is -2.20. The van der Waals surface area contributed by atoms with Gasteiger partial charge < -0.3 is 4.74 Å². The number of likely N-dealkylation sites (N-methyl/N-ethyl adjacent to an activating group) is 1. The van der Waals surface area contributed by atoms with Crippen molar-refractivity contribution >= 4 is 0 Å². The maximum atomic E-state index is 5.53. The second-order valence-corrected chi connectivity index (χ2v) is 3.33. The zero-order valence-corrected chi connectivity index (χ0v) is 7.45. The lowest BCUT2D eigenvalue weighted by atomic mass is 10.1. The van der Waals surface area contributed by atoms with Crippen molar-refractivity contribution in [2.75, 3.05) is 20.7 Å². The molecule has 2 heteroatoms. The molecule has 0 radical (unpaired) electrons. The van der Waals surface area contributed by atoms with Gasteiger partial charge in [-0.1, -0.05) is 18.2 Å². The van der Waals surface area contributed by atoms with Gasteiger partial charge in [-0.25, -0.2) is 0 Å². The van der Waals surface area contributed by atoms with Crippen LogP contribution in [0.3, 0.4) is 0 Å². The Bertz CT molecular complexity index is 283. The summed E-state index contributed by atoms with van der Waals surface area (Å²) in [6.07, 6.45) is 0. The molecule has 1 aliphatic rings. The minimum Gasteiger partial charge on any atom is -0.491 e. The Labute approximate surface area is 72.8 Å². The van der Waals surface area contributed by atoms with Crippen molar-refractivity contribution in [3.63, 3.8) is 0 Å². The van der Waals surface area contributed by atoms with Gasteiger partial charge in [-0.15, -0.1) is 0 Å². The molecule has 2 rings (SSSR count). The fourth-order valence-corrected chi connectivity index (χ4v) is 1.57. The van der Waals surface area contributed by atoms with Gasteiger partial charge in [0.05, 0.1) is 6.04 Å². The molecule has 1 aromatic carbocycles. The molecule has 2 nitrogen and oxygen atoms in total. The van der Waals surface area contributed by atoms with Gasteiger partial charge in [-0.2, -0.15) is 0 Å². The molecule has 0 N–H and O–H groups in total. The van der Waals surface area contributed by atoms with Crippen LogP contribution in [-0.2, 0) is 0 Å². The molecule has 0 saturated heterocycles. The number of hydrogen-bond acceptors (Lipinski definition) is 2. The van der Waals surface area contributed by atoms with E-state index in [2.05, 4.69) is 31.1 Å². The summed E-state index contributed by atoms with van der Waals surface area (Å²) in [5, 5.41) is 0. The standard InChI is InChI=1S/C10H13NO/c1-11(2)9-7-12-10-6-4-3-5-8(9)10/h3-6,9H,7H2,1-2H3/t9-/m0/s1. The van der Waals surface area contributed by atoms with Crippen LogP contribution in [0.25, 0.3) is 0 Å². The van der Waals surface area contributed by atoms with Crippen LogP contribution in [0.1, 0.15) is 11.6 Å². The van der Waals surface area contributed by atoms with E-state index in [1.807, 2.05) is 12.1 Å². The highest BCUT2D eigenvalue weighted by Gasteiger charge is 2.24.